The van der Waals surface area contributed by atoms with E-state index in [1.54, 1.807) is 7.11 Å². The van der Waals surface area contributed by atoms with Crippen molar-refractivity contribution >= 4 is 0 Å². The Morgan fingerprint density at radius 2 is 1.78 bits per heavy atom. The zero-order chi connectivity index (χ0) is 13.1. The molecule has 0 saturated carbocycles. The fourth-order valence-electron chi connectivity index (χ4n) is 1.86. The van der Waals surface area contributed by atoms with E-state index in [0.29, 0.717) is 5.92 Å². The summed E-state index contributed by atoms with van der Waals surface area (Å²) in [6, 6.07) is 10.7. The van der Waals surface area contributed by atoms with Gasteiger partial charge in [0.05, 0.1) is 6.61 Å². The molecule has 0 bridgehead atoms. The number of hydrogen-bond acceptors (Lipinski definition) is 3. The average Bonchev–Trinajstić information content (AvgIpc) is 2.42. The van der Waals surface area contributed by atoms with E-state index < -0.39 is 0 Å². The van der Waals surface area contributed by atoms with Crippen LogP contribution in [0.3, 0.4) is 0 Å². The second-order valence-corrected chi connectivity index (χ2v) is 4.61. The van der Waals surface area contributed by atoms with E-state index >= 15 is 0 Å². The number of methoxy groups -OCH3 is 1. The minimum atomic E-state index is 0.577. The lowest BCUT2D eigenvalue weighted by atomic mass is 10.0. The number of hydrogen-bond donors (Lipinski definition) is 2. The van der Waals surface area contributed by atoms with Crippen LogP contribution in [0.2, 0.25) is 0 Å². The molecule has 1 rings (SSSR count). The summed E-state index contributed by atoms with van der Waals surface area (Å²) in [5, 5.41) is 6.84. The summed E-state index contributed by atoms with van der Waals surface area (Å²) >= 11 is 0. The van der Waals surface area contributed by atoms with E-state index in [4.69, 9.17) is 4.74 Å². The van der Waals surface area contributed by atoms with Gasteiger partial charge in [0.1, 0.15) is 0 Å². The Morgan fingerprint density at radius 3 is 2.50 bits per heavy atom. The third-order valence-electron chi connectivity index (χ3n) is 3.01. The molecule has 0 heterocycles. The van der Waals surface area contributed by atoms with Crippen LogP contribution in [0.5, 0.6) is 0 Å². The highest BCUT2D eigenvalue weighted by Gasteiger charge is 2.03. The molecule has 0 radical (unpaired) electrons. The quantitative estimate of drug-likeness (QED) is 0.623. The topological polar surface area (TPSA) is 33.3 Å². The van der Waals surface area contributed by atoms with Gasteiger partial charge in [0.25, 0.3) is 0 Å². The summed E-state index contributed by atoms with van der Waals surface area (Å²) < 4.78 is 4.97. The Hall–Kier alpha value is -0.900. The molecule has 102 valence electrons. The summed E-state index contributed by atoms with van der Waals surface area (Å²) in [6.07, 6.45) is 1.16. The Balaban J connectivity index is 1.98. The fraction of sp³-hybridized carbons (Fsp3) is 0.600. The molecule has 0 spiro atoms. The predicted octanol–water partition coefficient (Wildman–Crippen LogP) is 2.01. The molecular weight excluding hydrogens is 224 g/mol. The third-order valence-corrected chi connectivity index (χ3v) is 3.01. The summed E-state index contributed by atoms with van der Waals surface area (Å²) in [5.74, 6) is 0.577. The predicted molar refractivity (Wildman–Crippen MR) is 77.1 cm³/mol. The van der Waals surface area contributed by atoms with Crippen LogP contribution in [0.25, 0.3) is 0 Å². The van der Waals surface area contributed by atoms with Crippen molar-refractivity contribution in [1.82, 2.24) is 10.6 Å². The maximum atomic E-state index is 4.97. The smallest absolute Gasteiger partial charge is 0.0587 e. The first-order valence-electron chi connectivity index (χ1n) is 6.80. The Labute approximate surface area is 111 Å². The van der Waals surface area contributed by atoms with E-state index in [1.807, 2.05) is 0 Å². The van der Waals surface area contributed by atoms with Crippen molar-refractivity contribution in [3.63, 3.8) is 0 Å². The molecule has 18 heavy (non-hydrogen) atoms. The van der Waals surface area contributed by atoms with E-state index in [1.165, 1.54) is 5.56 Å². The number of ether oxygens (including phenoxy) is 1. The Kier molecular flexibility index (Phi) is 8.47. The van der Waals surface area contributed by atoms with E-state index in [0.717, 1.165) is 39.2 Å². The first kappa shape index (κ1) is 15.2. The average molecular weight is 250 g/mol. The zero-order valence-electron chi connectivity index (χ0n) is 11.6. The van der Waals surface area contributed by atoms with E-state index in [-0.39, 0.29) is 0 Å². The molecule has 0 aliphatic rings. The van der Waals surface area contributed by atoms with Gasteiger partial charge in [-0.25, -0.2) is 0 Å². The van der Waals surface area contributed by atoms with Crippen LogP contribution >= 0.6 is 0 Å². The molecule has 0 amide bonds. The fourth-order valence-corrected chi connectivity index (χ4v) is 1.86. The van der Waals surface area contributed by atoms with Crippen LogP contribution in [-0.2, 0) is 4.74 Å². The standard InChI is InChI=1S/C15H26N2O/c1-14(15-7-4-3-5-8-15)13-17-10-6-9-16-11-12-18-2/h3-5,7-8,14,16-17H,6,9-13H2,1-2H3. The normalized spacial score (nSPS) is 12.6. The largest absolute Gasteiger partial charge is 0.383 e. The van der Waals surface area contributed by atoms with Crippen molar-refractivity contribution in [3.8, 4) is 0 Å². The molecule has 0 aliphatic carbocycles. The molecule has 0 aliphatic heterocycles. The molecule has 0 fully saturated rings. The van der Waals surface area contributed by atoms with Crippen molar-refractivity contribution in [2.45, 2.75) is 19.3 Å². The van der Waals surface area contributed by atoms with E-state index in [2.05, 4.69) is 47.9 Å². The van der Waals surface area contributed by atoms with Gasteiger partial charge >= 0.3 is 0 Å². The Morgan fingerprint density at radius 1 is 1.06 bits per heavy atom. The van der Waals surface area contributed by atoms with Crippen molar-refractivity contribution in [2.24, 2.45) is 0 Å². The molecule has 1 aromatic carbocycles. The molecular formula is C15H26N2O. The van der Waals surface area contributed by atoms with Crippen molar-refractivity contribution in [1.29, 1.82) is 0 Å². The molecule has 3 heteroatoms. The van der Waals surface area contributed by atoms with Crippen LogP contribution in [0.4, 0.5) is 0 Å². The highest BCUT2D eigenvalue weighted by Crippen LogP contribution is 2.12. The molecule has 2 N–H and O–H groups in total. The molecule has 3 nitrogen and oxygen atoms in total. The first-order valence-corrected chi connectivity index (χ1v) is 6.80. The van der Waals surface area contributed by atoms with Gasteiger partial charge in [-0.2, -0.15) is 0 Å². The first-order chi connectivity index (χ1) is 8.84. The number of rotatable bonds is 10. The van der Waals surface area contributed by atoms with Crippen molar-refractivity contribution in [3.05, 3.63) is 35.9 Å². The molecule has 1 atom stereocenters. The highest BCUT2D eigenvalue weighted by atomic mass is 16.5. The van der Waals surface area contributed by atoms with Gasteiger partial charge in [0, 0.05) is 20.2 Å². The van der Waals surface area contributed by atoms with Gasteiger partial charge in [0.15, 0.2) is 0 Å². The van der Waals surface area contributed by atoms with Crippen molar-refractivity contribution < 1.29 is 4.74 Å². The second-order valence-electron chi connectivity index (χ2n) is 4.61. The van der Waals surface area contributed by atoms with Gasteiger partial charge in [-0.05, 0) is 31.0 Å². The van der Waals surface area contributed by atoms with Gasteiger partial charge < -0.3 is 15.4 Å². The molecule has 1 aromatic rings. The monoisotopic (exact) mass is 250 g/mol. The molecule has 0 saturated heterocycles. The maximum Gasteiger partial charge on any atom is 0.0587 e. The van der Waals surface area contributed by atoms with Crippen molar-refractivity contribution in [2.75, 3.05) is 39.9 Å². The number of benzene rings is 1. The Bertz CT molecular complexity index is 290. The zero-order valence-corrected chi connectivity index (χ0v) is 11.6. The van der Waals surface area contributed by atoms with Crippen LogP contribution in [0.15, 0.2) is 30.3 Å². The lowest BCUT2D eigenvalue weighted by Crippen LogP contribution is -2.26. The highest BCUT2D eigenvalue weighted by molar-refractivity contribution is 5.18. The summed E-state index contributed by atoms with van der Waals surface area (Å²) in [6.45, 7) is 7.16. The van der Waals surface area contributed by atoms with Gasteiger partial charge in [-0.15, -0.1) is 0 Å². The lowest BCUT2D eigenvalue weighted by molar-refractivity contribution is 0.199. The van der Waals surface area contributed by atoms with Crippen LogP contribution < -0.4 is 10.6 Å². The molecule has 0 aromatic heterocycles. The minimum Gasteiger partial charge on any atom is -0.383 e. The van der Waals surface area contributed by atoms with Gasteiger partial charge in [-0.1, -0.05) is 37.3 Å². The maximum absolute atomic E-state index is 4.97. The lowest BCUT2D eigenvalue weighted by Gasteiger charge is -2.13. The van der Waals surface area contributed by atoms with Crippen LogP contribution in [0, 0.1) is 0 Å². The van der Waals surface area contributed by atoms with Crippen LogP contribution in [0.1, 0.15) is 24.8 Å². The van der Waals surface area contributed by atoms with Gasteiger partial charge in [-0.3, -0.25) is 0 Å². The third kappa shape index (κ3) is 6.74. The molecule has 1 unspecified atom stereocenters. The van der Waals surface area contributed by atoms with Gasteiger partial charge in [0.2, 0.25) is 0 Å². The summed E-state index contributed by atoms with van der Waals surface area (Å²) in [7, 11) is 1.73. The van der Waals surface area contributed by atoms with E-state index in [9.17, 15) is 0 Å². The number of nitrogens with one attached hydrogen (secondary N) is 2. The summed E-state index contributed by atoms with van der Waals surface area (Å²) in [5.41, 5.74) is 1.41. The summed E-state index contributed by atoms with van der Waals surface area (Å²) in [4.78, 5) is 0. The SMILES string of the molecule is COCCNCCCNCC(C)c1ccccc1. The minimum absolute atomic E-state index is 0.577. The van der Waals surface area contributed by atoms with Crippen LogP contribution in [-0.4, -0.2) is 39.9 Å². The second kappa shape index (κ2) is 10.1.